The summed E-state index contributed by atoms with van der Waals surface area (Å²) in [6.07, 6.45) is 5.48. The minimum atomic E-state index is -0.496. The Morgan fingerprint density at radius 3 is 1.20 bits per heavy atom. The molecule has 0 heterocycles. The molecule has 4 fully saturated rings. The number of ether oxygens (including phenoxy) is 2. The number of carbonyl (C=O) groups excluding carboxylic acids is 3. The van der Waals surface area contributed by atoms with Crippen LogP contribution in [0.2, 0.25) is 0 Å². The predicted octanol–water partition coefficient (Wildman–Crippen LogP) is 4.56. The van der Waals surface area contributed by atoms with Crippen molar-refractivity contribution in [2.75, 3.05) is 0 Å². The molecule has 4 aliphatic carbocycles. The molecule has 0 aromatic rings. The van der Waals surface area contributed by atoms with Crippen LogP contribution >= 0.6 is 0 Å². The lowest BCUT2D eigenvalue weighted by Gasteiger charge is -2.34. The maximum Gasteiger partial charge on any atom is 0.309 e. The molecule has 5 heteroatoms. The molecule has 0 aromatic heterocycles. The van der Waals surface area contributed by atoms with Gasteiger partial charge >= 0.3 is 11.9 Å². The van der Waals surface area contributed by atoms with Crippen molar-refractivity contribution in [3.63, 3.8) is 0 Å². The quantitative estimate of drug-likeness (QED) is 0.626. The molecule has 4 rings (SSSR count). The Morgan fingerprint density at radius 1 is 0.567 bits per heavy atom. The number of fused-ring (bicyclic) bond motifs is 4. The van der Waals surface area contributed by atoms with E-state index < -0.39 is 11.2 Å². The number of hydrogen-bond acceptors (Lipinski definition) is 5. The molecule has 30 heavy (non-hydrogen) atoms. The molecular formula is C25H38O5. The first-order valence-corrected chi connectivity index (χ1v) is 11.8. The number of esters is 2. The second kappa shape index (κ2) is 7.34. The van der Waals surface area contributed by atoms with Gasteiger partial charge in [0.1, 0.15) is 17.0 Å². The van der Waals surface area contributed by atoms with E-state index >= 15 is 0 Å². The molecule has 0 saturated heterocycles. The maximum absolute atomic E-state index is 13.6. The van der Waals surface area contributed by atoms with Crippen LogP contribution in [0.5, 0.6) is 0 Å². The average molecular weight is 419 g/mol. The van der Waals surface area contributed by atoms with Crippen LogP contribution in [-0.2, 0) is 23.9 Å². The van der Waals surface area contributed by atoms with Crippen LogP contribution in [0.1, 0.15) is 80.1 Å². The summed E-state index contributed by atoms with van der Waals surface area (Å²) in [4.78, 5) is 39.1. The zero-order chi connectivity index (χ0) is 22.0. The van der Waals surface area contributed by atoms with Crippen LogP contribution in [0.25, 0.3) is 0 Å². The van der Waals surface area contributed by atoms with E-state index in [9.17, 15) is 14.4 Å². The zero-order valence-corrected chi connectivity index (χ0v) is 19.4. The van der Waals surface area contributed by atoms with Crippen molar-refractivity contribution in [1.82, 2.24) is 0 Å². The van der Waals surface area contributed by atoms with Crippen LogP contribution in [0.3, 0.4) is 0 Å². The second-order valence-corrected chi connectivity index (χ2v) is 12.4. The summed E-state index contributed by atoms with van der Waals surface area (Å²) in [6, 6.07) is 0. The number of ketones is 1. The summed E-state index contributed by atoms with van der Waals surface area (Å²) >= 11 is 0. The topological polar surface area (TPSA) is 69.7 Å². The largest absolute Gasteiger partial charge is 0.460 e. The fourth-order valence-corrected chi connectivity index (χ4v) is 6.93. The van der Waals surface area contributed by atoms with Gasteiger partial charge in [-0.05, 0) is 104 Å². The van der Waals surface area contributed by atoms with E-state index in [1.807, 2.05) is 41.5 Å². The first kappa shape index (κ1) is 21.8. The minimum absolute atomic E-state index is 0.0371. The minimum Gasteiger partial charge on any atom is -0.460 e. The summed E-state index contributed by atoms with van der Waals surface area (Å²) in [6.45, 7) is 11.4. The molecule has 4 saturated carbocycles. The number of rotatable bonds is 4. The van der Waals surface area contributed by atoms with Gasteiger partial charge in [-0.2, -0.15) is 0 Å². The predicted molar refractivity (Wildman–Crippen MR) is 112 cm³/mol. The third-order valence-electron chi connectivity index (χ3n) is 7.78. The maximum atomic E-state index is 13.6. The monoisotopic (exact) mass is 418 g/mol. The lowest BCUT2D eigenvalue weighted by atomic mass is 9.70. The number of carbonyl (C=O) groups is 3. The Bertz CT molecular complexity index is 667. The molecular weight excluding hydrogens is 380 g/mol. The smallest absolute Gasteiger partial charge is 0.309 e. The fourth-order valence-electron chi connectivity index (χ4n) is 6.93. The molecule has 0 aromatic carbocycles. The Hall–Kier alpha value is -1.39. The fraction of sp³-hybridized carbons (Fsp3) is 0.880. The van der Waals surface area contributed by atoms with E-state index in [0.717, 1.165) is 38.5 Å². The van der Waals surface area contributed by atoms with Crippen LogP contribution < -0.4 is 0 Å². The van der Waals surface area contributed by atoms with Gasteiger partial charge < -0.3 is 9.47 Å². The van der Waals surface area contributed by atoms with Crippen LogP contribution in [0.15, 0.2) is 0 Å². The van der Waals surface area contributed by atoms with Crippen molar-refractivity contribution in [2.45, 2.75) is 91.3 Å². The lowest BCUT2D eigenvalue weighted by Crippen LogP contribution is -2.41. The SMILES string of the molecule is CC(C)(C)OC(=O)C1CC2CC(C(=O)C3CC4CC(C(=O)OC(C)(C)C)C3C4)C1C2. The zero-order valence-electron chi connectivity index (χ0n) is 19.4. The Morgan fingerprint density at radius 2 is 0.900 bits per heavy atom. The van der Waals surface area contributed by atoms with Gasteiger partial charge in [0.15, 0.2) is 0 Å². The van der Waals surface area contributed by atoms with E-state index in [0.29, 0.717) is 17.6 Å². The third kappa shape index (κ3) is 4.18. The van der Waals surface area contributed by atoms with Gasteiger partial charge in [0, 0.05) is 11.8 Å². The molecule has 4 aliphatic rings. The first-order valence-electron chi connectivity index (χ1n) is 11.8. The highest BCUT2D eigenvalue weighted by Gasteiger charge is 2.58. The van der Waals surface area contributed by atoms with Crippen molar-refractivity contribution in [3.05, 3.63) is 0 Å². The van der Waals surface area contributed by atoms with Crippen molar-refractivity contribution in [2.24, 2.45) is 47.3 Å². The first-order chi connectivity index (χ1) is 13.8. The van der Waals surface area contributed by atoms with E-state index in [1.165, 1.54) is 0 Å². The molecule has 4 bridgehead atoms. The Labute approximate surface area is 180 Å². The summed E-state index contributed by atoms with van der Waals surface area (Å²) < 4.78 is 11.3. The summed E-state index contributed by atoms with van der Waals surface area (Å²) in [5.41, 5.74) is -0.993. The van der Waals surface area contributed by atoms with E-state index in [2.05, 4.69) is 0 Å². The highest BCUT2D eigenvalue weighted by atomic mass is 16.6. The molecule has 8 atom stereocenters. The molecule has 0 amide bonds. The van der Waals surface area contributed by atoms with Crippen LogP contribution in [0, 0.1) is 47.3 Å². The van der Waals surface area contributed by atoms with E-state index in [-0.39, 0.29) is 47.4 Å². The second-order valence-electron chi connectivity index (χ2n) is 12.4. The van der Waals surface area contributed by atoms with Gasteiger partial charge in [0.25, 0.3) is 0 Å². The Kier molecular flexibility index (Phi) is 5.34. The van der Waals surface area contributed by atoms with Gasteiger partial charge in [-0.15, -0.1) is 0 Å². The van der Waals surface area contributed by atoms with Gasteiger partial charge in [0.2, 0.25) is 0 Å². The van der Waals surface area contributed by atoms with Crippen LogP contribution in [-0.4, -0.2) is 28.9 Å². The molecule has 0 spiro atoms. The van der Waals surface area contributed by atoms with E-state index in [4.69, 9.17) is 9.47 Å². The van der Waals surface area contributed by atoms with Crippen molar-refractivity contribution in [3.8, 4) is 0 Å². The molecule has 0 aliphatic heterocycles. The third-order valence-corrected chi connectivity index (χ3v) is 7.78. The number of Topliss-reactive ketones (excluding diaryl/α,β-unsaturated/α-hetero) is 1. The molecule has 5 nitrogen and oxygen atoms in total. The van der Waals surface area contributed by atoms with E-state index in [1.54, 1.807) is 0 Å². The normalized spacial score (nSPS) is 39.9. The number of hydrogen-bond donors (Lipinski definition) is 0. The van der Waals surface area contributed by atoms with Crippen molar-refractivity contribution >= 4 is 17.7 Å². The highest BCUT2D eigenvalue weighted by Crippen LogP contribution is 2.58. The highest BCUT2D eigenvalue weighted by molar-refractivity contribution is 5.87. The van der Waals surface area contributed by atoms with Crippen molar-refractivity contribution in [1.29, 1.82) is 0 Å². The Balaban J connectivity index is 1.44. The van der Waals surface area contributed by atoms with Gasteiger partial charge in [-0.1, -0.05) is 0 Å². The standard InChI is InChI=1S/C25H38O5/c1-24(2,3)29-22(27)19-11-13-7-15(19)17(9-13)21(26)18-10-14-8-16(18)20(12-14)23(28)30-25(4,5)6/h13-20H,7-12H2,1-6H3. The van der Waals surface area contributed by atoms with Gasteiger partial charge in [0.05, 0.1) is 11.8 Å². The molecule has 0 radical (unpaired) electrons. The summed E-state index contributed by atoms with van der Waals surface area (Å²) in [5, 5.41) is 0. The average Bonchev–Trinajstić information content (AvgIpc) is 3.36. The molecule has 0 N–H and O–H groups in total. The summed E-state index contributed by atoms with van der Waals surface area (Å²) in [5.74, 6) is 0.858. The van der Waals surface area contributed by atoms with Gasteiger partial charge in [-0.25, -0.2) is 0 Å². The van der Waals surface area contributed by atoms with Crippen LogP contribution in [0.4, 0.5) is 0 Å². The molecule has 8 unspecified atom stereocenters. The lowest BCUT2D eigenvalue weighted by molar-refractivity contribution is -0.163. The van der Waals surface area contributed by atoms with Crippen molar-refractivity contribution < 1.29 is 23.9 Å². The van der Waals surface area contributed by atoms with Gasteiger partial charge in [-0.3, -0.25) is 14.4 Å². The summed E-state index contributed by atoms with van der Waals surface area (Å²) in [7, 11) is 0. The molecule has 168 valence electrons.